The molecule has 0 aromatic rings. The molecule has 1 aliphatic rings. The van der Waals surface area contributed by atoms with E-state index in [1.54, 1.807) is 0 Å². The molecular weight excluding hydrogens is 408 g/mol. The van der Waals surface area contributed by atoms with Gasteiger partial charge in [-0.3, -0.25) is 24.0 Å². The zero-order valence-corrected chi connectivity index (χ0v) is 17.6. The van der Waals surface area contributed by atoms with Crippen molar-refractivity contribution < 1.29 is 57.1 Å². The van der Waals surface area contributed by atoms with E-state index < -0.39 is 73.3 Å². The molecule has 0 aliphatic carbocycles. The first kappa shape index (κ1) is 25.3. The highest BCUT2D eigenvalue weighted by Gasteiger charge is 2.55. The molecule has 1 fully saturated rings. The van der Waals surface area contributed by atoms with Gasteiger partial charge in [-0.05, 0) is 0 Å². The topological polar surface area (TPSA) is 150 Å². The molecule has 30 heavy (non-hydrogen) atoms. The molecule has 170 valence electrons. The summed E-state index contributed by atoms with van der Waals surface area (Å²) in [5, 5.41) is 0. The van der Waals surface area contributed by atoms with Gasteiger partial charge in [0, 0.05) is 41.7 Å². The van der Waals surface area contributed by atoms with Gasteiger partial charge in [-0.15, -0.1) is 0 Å². The van der Waals surface area contributed by atoms with Crippen LogP contribution in [0.3, 0.4) is 0 Å². The SMILES string of the molecule is CO[C@@H]1O[C@@H]([C@H](COC(C)=O)OC(C)=O)[C@H](OC(C)=O)[C@H](OC(C)=O)[C@@H]1OC(C)=O. The van der Waals surface area contributed by atoms with Crippen LogP contribution in [0.25, 0.3) is 0 Å². The Bertz CT molecular complexity index is 660. The van der Waals surface area contributed by atoms with Crippen LogP contribution in [0.4, 0.5) is 0 Å². The molecule has 0 aromatic heterocycles. The summed E-state index contributed by atoms with van der Waals surface area (Å²) in [5.74, 6) is -3.69. The third-order valence-corrected chi connectivity index (χ3v) is 3.80. The second-order valence-corrected chi connectivity index (χ2v) is 6.38. The fourth-order valence-electron chi connectivity index (χ4n) is 2.90. The first-order valence-corrected chi connectivity index (χ1v) is 8.96. The van der Waals surface area contributed by atoms with E-state index in [4.69, 9.17) is 33.2 Å². The van der Waals surface area contributed by atoms with Crippen molar-refractivity contribution in [1.82, 2.24) is 0 Å². The summed E-state index contributed by atoms with van der Waals surface area (Å²) in [4.78, 5) is 57.8. The molecule has 12 heteroatoms. The third kappa shape index (κ3) is 7.59. The minimum Gasteiger partial charge on any atom is -0.462 e. The molecule has 1 heterocycles. The van der Waals surface area contributed by atoms with Crippen LogP contribution in [0.15, 0.2) is 0 Å². The second-order valence-electron chi connectivity index (χ2n) is 6.38. The third-order valence-electron chi connectivity index (χ3n) is 3.80. The van der Waals surface area contributed by atoms with Crippen LogP contribution >= 0.6 is 0 Å². The van der Waals surface area contributed by atoms with Crippen LogP contribution in [0.1, 0.15) is 34.6 Å². The average molecular weight is 434 g/mol. The van der Waals surface area contributed by atoms with Gasteiger partial charge in [-0.2, -0.15) is 0 Å². The molecule has 0 unspecified atom stereocenters. The molecule has 12 nitrogen and oxygen atoms in total. The van der Waals surface area contributed by atoms with Crippen LogP contribution in [0, 0.1) is 0 Å². The summed E-state index contributed by atoms with van der Waals surface area (Å²) in [7, 11) is 1.24. The fraction of sp³-hybridized carbons (Fsp3) is 0.722. The lowest BCUT2D eigenvalue weighted by atomic mass is 9.94. The Morgan fingerprint density at radius 1 is 0.733 bits per heavy atom. The molecular formula is C18H26O12. The van der Waals surface area contributed by atoms with Crippen LogP contribution < -0.4 is 0 Å². The number of carbonyl (C=O) groups is 5. The molecule has 0 bridgehead atoms. The highest BCUT2D eigenvalue weighted by molar-refractivity contribution is 5.69. The van der Waals surface area contributed by atoms with E-state index >= 15 is 0 Å². The van der Waals surface area contributed by atoms with Gasteiger partial charge in [0.25, 0.3) is 0 Å². The average Bonchev–Trinajstić information content (AvgIpc) is 2.60. The first-order valence-electron chi connectivity index (χ1n) is 8.96. The molecule has 1 rings (SSSR count). The molecule has 0 N–H and O–H groups in total. The van der Waals surface area contributed by atoms with Gasteiger partial charge in [0.15, 0.2) is 30.7 Å². The predicted molar refractivity (Wildman–Crippen MR) is 94.5 cm³/mol. The zero-order valence-electron chi connectivity index (χ0n) is 17.6. The number of methoxy groups -OCH3 is 1. The summed E-state index contributed by atoms with van der Waals surface area (Å²) in [6.07, 6.45) is -7.89. The monoisotopic (exact) mass is 434 g/mol. The molecule has 1 aliphatic heterocycles. The Kier molecular flexibility index (Phi) is 9.66. The van der Waals surface area contributed by atoms with Crippen molar-refractivity contribution in [2.45, 2.75) is 71.4 Å². The van der Waals surface area contributed by atoms with Gasteiger partial charge >= 0.3 is 29.8 Å². The van der Waals surface area contributed by atoms with Crippen molar-refractivity contribution in [2.75, 3.05) is 13.7 Å². The summed E-state index contributed by atoms with van der Waals surface area (Å²) in [6.45, 7) is 5.13. The molecule has 0 radical (unpaired) electrons. The van der Waals surface area contributed by atoms with Gasteiger partial charge in [0.2, 0.25) is 0 Å². The smallest absolute Gasteiger partial charge is 0.303 e. The highest BCUT2D eigenvalue weighted by atomic mass is 16.7. The molecule has 0 spiro atoms. The molecule has 0 amide bonds. The lowest BCUT2D eigenvalue weighted by Crippen LogP contribution is -2.65. The number of esters is 5. The maximum absolute atomic E-state index is 11.7. The lowest BCUT2D eigenvalue weighted by molar-refractivity contribution is -0.312. The normalized spacial score (nSPS) is 26.7. The number of ether oxygens (including phenoxy) is 7. The van der Waals surface area contributed by atoms with Crippen molar-refractivity contribution in [3.8, 4) is 0 Å². The van der Waals surface area contributed by atoms with Crippen molar-refractivity contribution >= 4 is 29.8 Å². The fourth-order valence-corrected chi connectivity index (χ4v) is 2.90. The highest BCUT2D eigenvalue weighted by Crippen LogP contribution is 2.31. The number of hydrogen-bond donors (Lipinski definition) is 0. The predicted octanol–water partition coefficient (Wildman–Crippen LogP) is -0.352. The van der Waals surface area contributed by atoms with E-state index in [0.717, 1.165) is 34.6 Å². The van der Waals surface area contributed by atoms with Crippen molar-refractivity contribution in [3.05, 3.63) is 0 Å². The maximum Gasteiger partial charge on any atom is 0.303 e. The Morgan fingerprint density at radius 2 is 1.23 bits per heavy atom. The van der Waals surface area contributed by atoms with Crippen molar-refractivity contribution in [1.29, 1.82) is 0 Å². The van der Waals surface area contributed by atoms with E-state index in [0.29, 0.717) is 0 Å². The Balaban J connectivity index is 3.41. The van der Waals surface area contributed by atoms with Crippen molar-refractivity contribution in [3.63, 3.8) is 0 Å². The van der Waals surface area contributed by atoms with E-state index in [9.17, 15) is 24.0 Å². The van der Waals surface area contributed by atoms with E-state index in [1.165, 1.54) is 7.11 Å². The summed E-state index contributed by atoms with van der Waals surface area (Å²) in [6, 6.07) is 0. The van der Waals surface area contributed by atoms with E-state index in [-0.39, 0.29) is 0 Å². The van der Waals surface area contributed by atoms with Crippen LogP contribution in [-0.4, -0.2) is 80.4 Å². The minimum absolute atomic E-state index is 0.446. The van der Waals surface area contributed by atoms with Gasteiger partial charge in [0.1, 0.15) is 12.7 Å². The molecule has 0 aromatic carbocycles. The van der Waals surface area contributed by atoms with Gasteiger partial charge < -0.3 is 33.2 Å². The quantitative estimate of drug-likeness (QED) is 0.363. The number of rotatable bonds is 8. The largest absolute Gasteiger partial charge is 0.462 e. The van der Waals surface area contributed by atoms with Crippen molar-refractivity contribution in [2.24, 2.45) is 0 Å². The second kappa shape index (κ2) is 11.5. The summed E-state index contributed by atoms with van der Waals surface area (Å²) < 4.78 is 36.7. The minimum atomic E-state index is -1.39. The van der Waals surface area contributed by atoms with Gasteiger partial charge in [0.05, 0.1) is 0 Å². The van der Waals surface area contributed by atoms with Crippen LogP contribution in [0.5, 0.6) is 0 Å². The van der Waals surface area contributed by atoms with E-state index in [1.807, 2.05) is 0 Å². The Hall–Kier alpha value is -2.73. The van der Waals surface area contributed by atoms with Crippen LogP contribution in [0.2, 0.25) is 0 Å². The summed E-state index contributed by atoms with van der Waals surface area (Å²) >= 11 is 0. The molecule has 0 saturated carbocycles. The summed E-state index contributed by atoms with van der Waals surface area (Å²) in [5.41, 5.74) is 0. The number of hydrogen-bond acceptors (Lipinski definition) is 12. The Morgan fingerprint density at radius 3 is 1.67 bits per heavy atom. The lowest BCUT2D eigenvalue weighted by Gasteiger charge is -2.45. The first-order chi connectivity index (χ1) is 14.0. The van der Waals surface area contributed by atoms with E-state index in [2.05, 4.69) is 0 Å². The molecule has 6 atom stereocenters. The Labute approximate surface area is 173 Å². The molecule has 1 saturated heterocycles. The van der Waals surface area contributed by atoms with Gasteiger partial charge in [-0.1, -0.05) is 0 Å². The standard InChI is InChI=1S/C18H26O12/c1-8(19)25-7-13(26-9(2)20)14-15(27-10(3)21)16(28-11(4)22)17(29-12(5)23)18(24-6)30-14/h13-18H,7H2,1-6H3/t13-,14-,15-,16-,17-,18+/m0/s1. The number of carbonyl (C=O) groups excluding carboxylic acids is 5. The maximum atomic E-state index is 11.7. The van der Waals surface area contributed by atoms with Gasteiger partial charge in [-0.25, -0.2) is 0 Å². The van der Waals surface area contributed by atoms with Crippen LogP contribution in [-0.2, 0) is 57.1 Å². The zero-order chi connectivity index (χ0) is 23.0.